The summed E-state index contributed by atoms with van der Waals surface area (Å²) in [6.45, 7) is 6.11. The summed E-state index contributed by atoms with van der Waals surface area (Å²) in [5.41, 5.74) is 0. The molecule has 1 saturated heterocycles. The molecule has 3 nitrogen and oxygen atoms in total. The van der Waals surface area contributed by atoms with E-state index in [9.17, 15) is 4.79 Å². The van der Waals surface area contributed by atoms with Gasteiger partial charge in [0.1, 0.15) is 0 Å². The second-order valence-electron chi connectivity index (χ2n) is 2.14. The molecule has 0 saturated carbocycles. The average molecular weight is 165 g/mol. The molecule has 0 aromatic heterocycles. The van der Waals surface area contributed by atoms with Crippen LogP contribution >= 0.6 is 0 Å². The summed E-state index contributed by atoms with van der Waals surface area (Å²) < 4.78 is 5.07. The summed E-state index contributed by atoms with van der Waals surface area (Å²) in [5, 5.41) is 0. The number of hydrogen-bond donors (Lipinski definition) is 0. The SMILES string of the molecule is C=CC(=O)N1CCOCC1.[H-].[Na+]. The van der Waals surface area contributed by atoms with E-state index in [2.05, 4.69) is 6.58 Å². The zero-order chi connectivity index (χ0) is 7.40. The fourth-order valence-corrected chi connectivity index (χ4v) is 0.913. The summed E-state index contributed by atoms with van der Waals surface area (Å²) in [6, 6.07) is 0. The predicted octanol–water partition coefficient (Wildman–Crippen LogP) is -2.85. The summed E-state index contributed by atoms with van der Waals surface area (Å²) >= 11 is 0. The molecular weight excluding hydrogens is 153 g/mol. The van der Waals surface area contributed by atoms with Crippen LogP contribution in [-0.4, -0.2) is 37.1 Å². The quantitative estimate of drug-likeness (QED) is 0.309. The van der Waals surface area contributed by atoms with Gasteiger partial charge in [-0.05, 0) is 6.08 Å². The van der Waals surface area contributed by atoms with Gasteiger partial charge in [-0.3, -0.25) is 4.79 Å². The first-order valence-corrected chi connectivity index (χ1v) is 3.33. The molecule has 4 heteroatoms. The van der Waals surface area contributed by atoms with E-state index in [-0.39, 0.29) is 36.9 Å². The molecule has 1 amide bonds. The maximum Gasteiger partial charge on any atom is 1.00 e. The minimum Gasteiger partial charge on any atom is -1.00 e. The first-order valence-electron chi connectivity index (χ1n) is 3.33. The van der Waals surface area contributed by atoms with Gasteiger partial charge in [-0.25, -0.2) is 0 Å². The van der Waals surface area contributed by atoms with Crippen molar-refractivity contribution in [3.05, 3.63) is 12.7 Å². The minimum absolute atomic E-state index is 0. The third kappa shape index (κ3) is 3.38. The van der Waals surface area contributed by atoms with Crippen LogP contribution in [0.2, 0.25) is 0 Å². The van der Waals surface area contributed by atoms with Crippen molar-refractivity contribution in [1.29, 1.82) is 0 Å². The third-order valence-corrected chi connectivity index (χ3v) is 1.50. The van der Waals surface area contributed by atoms with E-state index in [0.29, 0.717) is 26.3 Å². The maximum atomic E-state index is 10.9. The van der Waals surface area contributed by atoms with Gasteiger partial charge in [0.05, 0.1) is 13.2 Å². The van der Waals surface area contributed by atoms with E-state index in [1.807, 2.05) is 0 Å². The third-order valence-electron chi connectivity index (χ3n) is 1.50. The number of morpholine rings is 1. The second-order valence-corrected chi connectivity index (χ2v) is 2.14. The number of rotatable bonds is 1. The molecule has 1 fully saturated rings. The molecule has 1 aliphatic heterocycles. The van der Waals surface area contributed by atoms with Crippen molar-refractivity contribution < 1.29 is 40.5 Å². The van der Waals surface area contributed by atoms with Crippen molar-refractivity contribution in [1.82, 2.24) is 4.90 Å². The number of hydrogen-bond acceptors (Lipinski definition) is 2. The van der Waals surface area contributed by atoms with E-state index in [0.717, 1.165) is 0 Å². The number of carbonyl (C=O) groups excluding carboxylic acids is 1. The Hall–Kier alpha value is 0.170. The van der Waals surface area contributed by atoms with Crippen LogP contribution in [0, 0.1) is 0 Å². The van der Waals surface area contributed by atoms with E-state index in [4.69, 9.17) is 4.74 Å². The van der Waals surface area contributed by atoms with Crippen LogP contribution in [0.25, 0.3) is 0 Å². The number of nitrogens with zero attached hydrogens (tertiary/aromatic N) is 1. The van der Waals surface area contributed by atoms with Gasteiger partial charge in [0, 0.05) is 13.1 Å². The van der Waals surface area contributed by atoms with Crippen molar-refractivity contribution in [2.75, 3.05) is 26.3 Å². The molecule has 58 valence electrons. The van der Waals surface area contributed by atoms with Gasteiger partial charge in [0.25, 0.3) is 0 Å². The molecule has 0 atom stereocenters. The fraction of sp³-hybridized carbons (Fsp3) is 0.571. The predicted molar refractivity (Wildman–Crippen MR) is 38.7 cm³/mol. The largest absolute Gasteiger partial charge is 1.00 e. The Bertz CT molecular complexity index is 148. The minimum atomic E-state index is 0. The number of carbonyl (C=O) groups is 1. The molecule has 0 unspecified atom stereocenters. The Morgan fingerprint density at radius 3 is 2.55 bits per heavy atom. The molecule has 0 bridgehead atoms. The van der Waals surface area contributed by atoms with E-state index < -0.39 is 0 Å². The van der Waals surface area contributed by atoms with Crippen LogP contribution < -0.4 is 29.6 Å². The van der Waals surface area contributed by atoms with Crippen LogP contribution in [0.15, 0.2) is 12.7 Å². The van der Waals surface area contributed by atoms with Gasteiger partial charge in [0.15, 0.2) is 0 Å². The Balaban J connectivity index is 0. The molecule has 0 aromatic rings. The summed E-state index contributed by atoms with van der Waals surface area (Å²) in [6.07, 6.45) is 1.34. The molecule has 0 radical (unpaired) electrons. The van der Waals surface area contributed by atoms with Gasteiger partial charge in [-0.2, -0.15) is 0 Å². The Morgan fingerprint density at radius 2 is 2.09 bits per heavy atom. The van der Waals surface area contributed by atoms with Gasteiger partial charge in [-0.15, -0.1) is 0 Å². The molecular formula is C7H12NNaO2. The fourth-order valence-electron chi connectivity index (χ4n) is 0.913. The Kier molecular flexibility index (Phi) is 5.86. The second kappa shape index (κ2) is 5.77. The van der Waals surface area contributed by atoms with Crippen LogP contribution in [0.5, 0.6) is 0 Å². The van der Waals surface area contributed by atoms with E-state index >= 15 is 0 Å². The average Bonchev–Trinajstić information content (AvgIpc) is 2.05. The topological polar surface area (TPSA) is 29.5 Å². The first kappa shape index (κ1) is 11.2. The summed E-state index contributed by atoms with van der Waals surface area (Å²) in [7, 11) is 0. The van der Waals surface area contributed by atoms with Crippen LogP contribution in [0.3, 0.4) is 0 Å². The van der Waals surface area contributed by atoms with Crippen molar-refractivity contribution in [3.63, 3.8) is 0 Å². The van der Waals surface area contributed by atoms with Gasteiger partial charge in [0.2, 0.25) is 5.91 Å². The normalized spacial score (nSPS) is 16.9. The molecule has 0 N–H and O–H groups in total. The maximum absolute atomic E-state index is 10.9. The van der Waals surface area contributed by atoms with Crippen molar-refractivity contribution in [2.45, 2.75) is 0 Å². The molecule has 1 rings (SSSR count). The molecule has 1 aliphatic rings. The molecule has 11 heavy (non-hydrogen) atoms. The molecule has 0 spiro atoms. The van der Waals surface area contributed by atoms with Gasteiger partial charge < -0.3 is 11.1 Å². The molecule has 1 heterocycles. The standard InChI is InChI=1S/C7H11NO2.Na.H/c1-2-7(9)8-3-5-10-6-4-8;;/h2H,1,3-6H2;;/q;+1;-1. The Morgan fingerprint density at radius 1 is 1.55 bits per heavy atom. The van der Waals surface area contributed by atoms with Crippen molar-refractivity contribution in [2.24, 2.45) is 0 Å². The summed E-state index contributed by atoms with van der Waals surface area (Å²) in [5.74, 6) is 0.00306. The van der Waals surface area contributed by atoms with Crippen molar-refractivity contribution >= 4 is 5.91 Å². The van der Waals surface area contributed by atoms with Crippen molar-refractivity contribution in [3.8, 4) is 0 Å². The zero-order valence-electron chi connectivity index (χ0n) is 7.88. The van der Waals surface area contributed by atoms with E-state index in [1.165, 1.54) is 6.08 Å². The molecule has 0 aromatic carbocycles. The summed E-state index contributed by atoms with van der Waals surface area (Å²) in [4.78, 5) is 12.7. The van der Waals surface area contributed by atoms with Crippen LogP contribution in [0.4, 0.5) is 0 Å². The van der Waals surface area contributed by atoms with Gasteiger partial charge >= 0.3 is 29.6 Å². The first-order chi connectivity index (χ1) is 4.84. The number of ether oxygens (including phenoxy) is 1. The monoisotopic (exact) mass is 165 g/mol. The zero-order valence-corrected chi connectivity index (χ0v) is 8.88. The van der Waals surface area contributed by atoms with Crippen LogP contribution in [0.1, 0.15) is 1.43 Å². The van der Waals surface area contributed by atoms with Crippen LogP contribution in [-0.2, 0) is 9.53 Å². The smallest absolute Gasteiger partial charge is 1.00 e. The number of amides is 1. The van der Waals surface area contributed by atoms with Gasteiger partial charge in [-0.1, -0.05) is 6.58 Å². The Labute approximate surface area is 90.2 Å². The van der Waals surface area contributed by atoms with E-state index in [1.54, 1.807) is 4.90 Å². The molecule has 0 aliphatic carbocycles.